The summed E-state index contributed by atoms with van der Waals surface area (Å²) in [7, 11) is 0. The number of fused-ring (bicyclic) bond motifs is 1. The molecule has 0 aliphatic carbocycles. The Hall–Kier alpha value is -1.86. The third kappa shape index (κ3) is 5.58. The monoisotopic (exact) mass is 446 g/mol. The van der Waals surface area contributed by atoms with E-state index in [0.717, 1.165) is 46.2 Å². The van der Waals surface area contributed by atoms with Crippen molar-refractivity contribution in [1.29, 1.82) is 0 Å². The van der Waals surface area contributed by atoms with E-state index in [9.17, 15) is 0 Å². The van der Waals surface area contributed by atoms with E-state index >= 15 is 0 Å². The molecule has 0 aliphatic rings. The van der Waals surface area contributed by atoms with Crippen LogP contribution in [-0.4, -0.2) is 59.1 Å². The number of aromatic nitrogens is 1. The lowest BCUT2D eigenvalue weighted by molar-refractivity contribution is 0.157. The molecule has 5 nitrogen and oxygen atoms in total. The Balaban J connectivity index is 1.53. The predicted molar refractivity (Wildman–Crippen MR) is 116 cm³/mol. The third-order valence-electron chi connectivity index (χ3n) is 4.74. The molecule has 0 saturated carbocycles. The lowest BCUT2D eigenvalue weighted by Gasteiger charge is -2.19. The minimum absolute atomic E-state index is 0.121. The van der Waals surface area contributed by atoms with E-state index in [1.165, 1.54) is 0 Å². The lowest BCUT2D eigenvalue weighted by atomic mass is 10.2. The van der Waals surface area contributed by atoms with Crippen molar-refractivity contribution < 1.29 is 14.9 Å². The maximum absolute atomic E-state index is 9.04. The number of aliphatic hydroxyl groups is 2. The molecule has 6 heteroatoms. The number of aliphatic hydroxyl groups excluding tert-OH is 2. The van der Waals surface area contributed by atoms with Gasteiger partial charge >= 0.3 is 0 Å². The summed E-state index contributed by atoms with van der Waals surface area (Å²) in [5.74, 6) is 0.878. The molecule has 1 heterocycles. The largest absolute Gasteiger partial charge is 0.494 e. The first-order chi connectivity index (χ1) is 13.7. The molecule has 1 aromatic heterocycles. The summed E-state index contributed by atoms with van der Waals surface area (Å²) in [6.45, 7) is 2.97. The summed E-state index contributed by atoms with van der Waals surface area (Å²) in [5.41, 5.74) is 2.28. The first kappa shape index (κ1) is 20.9. The van der Waals surface area contributed by atoms with Crippen molar-refractivity contribution in [3.05, 3.63) is 59.2 Å². The van der Waals surface area contributed by atoms with Gasteiger partial charge in [0.2, 0.25) is 0 Å². The molecule has 0 radical (unpaired) electrons. The number of halogens is 1. The van der Waals surface area contributed by atoms with Crippen molar-refractivity contribution in [2.24, 2.45) is 0 Å². The van der Waals surface area contributed by atoms with E-state index < -0.39 is 0 Å². The maximum Gasteiger partial charge on any atom is 0.120 e. The fourth-order valence-electron chi connectivity index (χ4n) is 3.28. The van der Waals surface area contributed by atoms with Crippen LogP contribution in [0.15, 0.2) is 59.2 Å². The van der Waals surface area contributed by atoms with Crippen LogP contribution in [0.5, 0.6) is 5.75 Å². The molecule has 0 amide bonds. The van der Waals surface area contributed by atoms with Crippen molar-refractivity contribution >= 4 is 26.8 Å². The van der Waals surface area contributed by atoms with Crippen molar-refractivity contribution in [3.63, 3.8) is 0 Å². The van der Waals surface area contributed by atoms with Crippen LogP contribution in [0.4, 0.5) is 0 Å². The molecule has 0 unspecified atom stereocenters. The summed E-state index contributed by atoms with van der Waals surface area (Å²) < 4.78 is 9.15. The van der Waals surface area contributed by atoms with E-state index in [1.54, 1.807) is 0 Å². The Morgan fingerprint density at radius 2 is 1.64 bits per heavy atom. The first-order valence-electron chi connectivity index (χ1n) is 9.65. The fraction of sp³-hybridized carbons (Fsp3) is 0.364. The van der Waals surface area contributed by atoms with E-state index in [-0.39, 0.29) is 13.2 Å². The van der Waals surface area contributed by atoms with Crippen molar-refractivity contribution in [2.75, 3.05) is 39.5 Å². The SMILES string of the molecule is OCCN(CCO)CCCCOc1ccc2c(ccn2-c2ccc(Br)cc2)c1. The van der Waals surface area contributed by atoms with Crippen molar-refractivity contribution in [1.82, 2.24) is 9.47 Å². The van der Waals surface area contributed by atoms with Crippen LogP contribution in [0, 0.1) is 0 Å². The molecule has 150 valence electrons. The zero-order chi connectivity index (χ0) is 19.8. The lowest BCUT2D eigenvalue weighted by Crippen LogP contribution is -2.31. The molecule has 0 atom stereocenters. The fourth-order valence-corrected chi connectivity index (χ4v) is 3.55. The second-order valence-corrected chi connectivity index (χ2v) is 7.64. The second kappa shape index (κ2) is 10.6. The van der Waals surface area contributed by atoms with Crippen LogP contribution in [0.2, 0.25) is 0 Å². The quantitative estimate of drug-likeness (QED) is 0.439. The van der Waals surface area contributed by atoms with E-state index in [1.807, 2.05) is 18.2 Å². The van der Waals surface area contributed by atoms with Crippen molar-refractivity contribution in [2.45, 2.75) is 12.8 Å². The number of unbranched alkanes of at least 4 members (excludes halogenated alkanes) is 1. The summed E-state index contributed by atoms with van der Waals surface area (Å²) in [5, 5.41) is 19.2. The summed E-state index contributed by atoms with van der Waals surface area (Å²) in [6.07, 6.45) is 3.99. The minimum atomic E-state index is 0.121. The molecule has 3 aromatic rings. The van der Waals surface area contributed by atoms with Crippen LogP contribution in [0.3, 0.4) is 0 Å². The maximum atomic E-state index is 9.04. The van der Waals surface area contributed by atoms with Gasteiger partial charge in [-0.3, -0.25) is 4.90 Å². The Kier molecular flexibility index (Phi) is 7.91. The predicted octanol–water partition coefficient (Wildman–Crippen LogP) is 3.84. The van der Waals surface area contributed by atoms with E-state index in [0.29, 0.717) is 19.7 Å². The van der Waals surface area contributed by atoms with Gasteiger partial charge in [0.15, 0.2) is 0 Å². The Morgan fingerprint density at radius 1 is 0.893 bits per heavy atom. The minimum Gasteiger partial charge on any atom is -0.494 e. The van der Waals surface area contributed by atoms with Gasteiger partial charge in [-0.2, -0.15) is 0 Å². The highest BCUT2D eigenvalue weighted by atomic mass is 79.9. The van der Waals surface area contributed by atoms with Crippen molar-refractivity contribution in [3.8, 4) is 11.4 Å². The van der Waals surface area contributed by atoms with Gasteiger partial charge in [-0.05, 0) is 67.9 Å². The molecule has 28 heavy (non-hydrogen) atoms. The van der Waals surface area contributed by atoms with Gasteiger partial charge in [0, 0.05) is 34.8 Å². The van der Waals surface area contributed by atoms with E-state index in [2.05, 4.69) is 61.9 Å². The molecule has 3 rings (SSSR count). The van der Waals surface area contributed by atoms with Crippen LogP contribution in [-0.2, 0) is 0 Å². The van der Waals surface area contributed by atoms with Gasteiger partial charge in [-0.15, -0.1) is 0 Å². The number of ether oxygens (including phenoxy) is 1. The number of benzene rings is 2. The highest BCUT2D eigenvalue weighted by Crippen LogP contribution is 2.25. The molecule has 0 bridgehead atoms. The highest BCUT2D eigenvalue weighted by molar-refractivity contribution is 9.10. The molecular formula is C22H27BrN2O3. The number of nitrogens with zero attached hydrogens (tertiary/aromatic N) is 2. The third-order valence-corrected chi connectivity index (χ3v) is 5.27. The highest BCUT2D eigenvalue weighted by Gasteiger charge is 2.06. The smallest absolute Gasteiger partial charge is 0.120 e. The van der Waals surface area contributed by atoms with Crippen LogP contribution >= 0.6 is 15.9 Å². The second-order valence-electron chi connectivity index (χ2n) is 6.73. The zero-order valence-corrected chi connectivity index (χ0v) is 17.5. The number of hydrogen-bond acceptors (Lipinski definition) is 4. The van der Waals surface area contributed by atoms with Gasteiger partial charge in [0.1, 0.15) is 5.75 Å². The van der Waals surface area contributed by atoms with Crippen LogP contribution in [0.25, 0.3) is 16.6 Å². The van der Waals surface area contributed by atoms with Crippen LogP contribution in [0.1, 0.15) is 12.8 Å². The summed E-state index contributed by atoms with van der Waals surface area (Å²) >= 11 is 3.48. The average molecular weight is 447 g/mol. The molecule has 0 aliphatic heterocycles. The Morgan fingerprint density at radius 3 is 2.36 bits per heavy atom. The molecule has 0 spiro atoms. The number of hydrogen-bond donors (Lipinski definition) is 2. The Labute approximate surface area is 174 Å². The molecule has 2 aromatic carbocycles. The van der Waals surface area contributed by atoms with Crippen LogP contribution < -0.4 is 4.74 Å². The normalized spacial score (nSPS) is 11.4. The van der Waals surface area contributed by atoms with Gasteiger partial charge in [-0.1, -0.05) is 15.9 Å². The van der Waals surface area contributed by atoms with Gasteiger partial charge in [0.05, 0.1) is 25.3 Å². The van der Waals surface area contributed by atoms with Gasteiger partial charge < -0.3 is 19.5 Å². The zero-order valence-electron chi connectivity index (χ0n) is 15.9. The van der Waals surface area contributed by atoms with Gasteiger partial charge in [0.25, 0.3) is 0 Å². The molecule has 0 fully saturated rings. The van der Waals surface area contributed by atoms with E-state index in [4.69, 9.17) is 14.9 Å². The standard InChI is InChI=1S/C22H27BrN2O3/c23-19-3-5-20(6-4-19)25-11-9-18-17-21(7-8-22(18)25)28-16-2-1-10-24(12-14-26)13-15-27/h3-9,11,17,26-27H,1-2,10,12-16H2. The number of rotatable bonds is 11. The topological polar surface area (TPSA) is 57.9 Å². The molecule has 2 N–H and O–H groups in total. The molecular weight excluding hydrogens is 420 g/mol. The average Bonchev–Trinajstić information content (AvgIpc) is 3.12. The summed E-state index contributed by atoms with van der Waals surface area (Å²) in [6, 6.07) is 16.6. The molecule has 0 saturated heterocycles. The Bertz CT molecular complexity index is 858. The summed E-state index contributed by atoms with van der Waals surface area (Å²) in [4.78, 5) is 2.07. The first-order valence-corrected chi connectivity index (χ1v) is 10.4. The van der Waals surface area contributed by atoms with Gasteiger partial charge in [-0.25, -0.2) is 0 Å².